The first-order valence-corrected chi connectivity index (χ1v) is 9.45. The van der Waals surface area contributed by atoms with Crippen molar-refractivity contribution in [1.82, 2.24) is 9.80 Å². The number of hydrogen-bond donors (Lipinski definition) is 0. The van der Waals surface area contributed by atoms with Crippen molar-refractivity contribution in [3.8, 4) is 0 Å². The summed E-state index contributed by atoms with van der Waals surface area (Å²) in [6, 6.07) is -0.495. The Morgan fingerprint density at radius 1 is 1.15 bits per heavy atom. The Hall–Kier alpha value is -2.18. The maximum absolute atomic E-state index is 13.0. The number of aliphatic imine (C=N–C) groups is 2. The summed E-state index contributed by atoms with van der Waals surface area (Å²) in [6.07, 6.45) is 1.51. The lowest BCUT2D eigenvalue weighted by molar-refractivity contribution is -0.560. The molecule has 0 aromatic rings. The zero-order chi connectivity index (χ0) is 19.6. The normalized spacial score (nSPS) is 28.0. The van der Waals surface area contributed by atoms with Crippen LogP contribution in [0.25, 0.3) is 0 Å². The van der Waals surface area contributed by atoms with E-state index in [9.17, 15) is 10.0 Å². The fourth-order valence-corrected chi connectivity index (χ4v) is 3.73. The topological polar surface area (TPSA) is 74.3 Å². The molecule has 7 nitrogen and oxygen atoms in total. The van der Waals surface area contributed by atoms with Crippen molar-refractivity contribution in [2.75, 3.05) is 26.2 Å². The van der Waals surface area contributed by atoms with Crippen LogP contribution in [0.3, 0.4) is 0 Å². The maximum atomic E-state index is 13.0. The third-order valence-corrected chi connectivity index (χ3v) is 5.66. The standard InChI is InChI=1S/C19H31N5O2/c1-8-22(9-2)17-14(6)13(5)15-16(20-12-21-17)19(7,24(15)26)18(25)23(10-3)11-4/h12,16H,8-11H2,1-7H3/b14-13-,20-12?,21-17?/t16-,19-/m0/s1. The van der Waals surface area contributed by atoms with Crippen molar-refractivity contribution in [2.45, 2.75) is 60.0 Å². The molecule has 7 heteroatoms. The summed E-state index contributed by atoms with van der Waals surface area (Å²) >= 11 is 0. The average molecular weight is 361 g/mol. The van der Waals surface area contributed by atoms with Gasteiger partial charge in [0.1, 0.15) is 12.2 Å². The molecule has 0 N–H and O–H groups in total. The van der Waals surface area contributed by atoms with Crippen molar-refractivity contribution in [1.29, 1.82) is 0 Å². The van der Waals surface area contributed by atoms with Gasteiger partial charge in [-0.15, -0.1) is 0 Å². The lowest BCUT2D eigenvalue weighted by Gasteiger charge is -2.43. The van der Waals surface area contributed by atoms with Gasteiger partial charge in [-0.25, -0.2) is 4.99 Å². The minimum absolute atomic E-state index is 0.178. The van der Waals surface area contributed by atoms with Gasteiger partial charge in [0.2, 0.25) is 11.8 Å². The third-order valence-electron chi connectivity index (χ3n) is 5.66. The number of carbonyl (C=O) groups excluding carboxylic acids is 1. The molecular formula is C19H31N5O2. The highest BCUT2D eigenvalue weighted by molar-refractivity contribution is 6.16. The molecule has 2 aliphatic rings. The second kappa shape index (κ2) is 7.60. The van der Waals surface area contributed by atoms with Gasteiger partial charge in [0, 0.05) is 44.2 Å². The van der Waals surface area contributed by atoms with Crippen molar-refractivity contribution >= 4 is 23.8 Å². The highest BCUT2D eigenvalue weighted by Gasteiger charge is 2.64. The Morgan fingerprint density at radius 2 is 1.73 bits per heavy atom. The van der Waals surface area contributed by atoms with Gasteiger partial charge in [0.05, 0.1) is 0 Å². The molecule has 0 saturated carbocycles. The van der Waals surface area contributed by atoms with Gasteiger partial charge < -0.3 is 15.0 Å². The summed E-state index contributed by atoms with van der Waals surface area (Å²) in [4.78, 5) is 25.8. The lowest BCUT2D eigenvalue weighted by atomic mass is 9.77. The average Bonchev–Trinajstić information content (AvgIpc) is 2.64. The summed E-state index contributed by atoms with van der Waals surface area (Å²) in [6.45, 7) is 16.4. The molecule has 0 radical (unpaired) electrons. The Morgan fingerprint density at radius 3 is 2.23 bits per heavy atom. The Labute approximate surface area is 156 Å². The maximum Gasteiger partial charge on any atom is 0.298 e. The molecule has 0 saturated heterocycles. The number of rotatable bonds is 5. The first-order chi connectivity index (χ1) is 12.3. The van der Waals surface area contributed by atoms with Crippen LogP contribution in [-0.2, 0) is 4.79 Å². The van der Waals surface area contributed by atoms with Crippen molar-refractivity contribution in [2.24, 2.45) is 9.98 Å². The van der Waals surface area contributed by atoms with Crippen LogP contribution in [0.1, 0.15) is 48.5 Å². The zero-order valence-corrected chi connectivity index (χ0v) is 17.0. The van der Waals surface area contributed by atoms with Gasteiger partial charge in [-0.3, -0.25) is 9.79 Å². The Kier molecular flexibility index (Phi) is 5.88. The molecule has 0 fully saturated rings. The Bertz CT molecular complexity index is 699. The fourth-order valence-electron chi connectivity index (χ4n) is 3.73. The first-order valence-electron chi connectivity index (χ1n) is 9.45. The van der Waals surface area contributed by atoms with E-state index < -0.39 is 11.6 Å². The van der Waals surface area contributed by atoms with E-state index in [1.165, 1.54) is 6.34 Å². The predicted octanol–water partition coefficient (Wildman–Crippen LogP) is 2.07. The summed E-state index contributed by atoms with van der Waals surface area (Å²) in [5, 5.41) is 13.0. The van der Waals surface area contributed by atoms with E-state index in [0.717, 1.165) is 34.8 Å². The number of hydrogen-bond acceptors (Lipinski definition) is 5. The molecule has 1 amide bonds. The van der Waals surface area contributed by atoms with Gasteiger partial charge in [-0.2, -0.15) is 4.74 Å². The van der Waals surface area contributed by atoms with E-state index >= 15 is 0 Å². The quantitative estimate of drug-likeness (QED) is 0.556. The first kappa shape index (κ1) is 20.1. The molecular weight excluding hydrogens is 330 g/mol. The number of carbonyl (C=O) groups is 1. The summed E-state index contributed by atoms with van der Waals surface area (Å²) < 4.78 is 0.861. The van der Waals surface area contributed by atoms with Gasteiger partial charge in [-0.1, -0.05) is 0 Å². The molecule has 0 unspecified atom stereocenters. The lowest BCUT2D eigenvalue weighted by Crippen LogP contribution is -2.71. The smallest absolute Gasteiger partial charge is 0.298 e. The number of amidine groups is 1. The Balaban J connectivity index is 2.53. The largest absolute Gasteiger partial charge is 0.623 e. The molecule has 0 bridgehead atoms. The van der Waals surface area contributed by atoms with Crippen LogP contribution in [-0.4, -0.2) is 76.1 Å². The highest BCUT2D eigenvalue weighted by Crippen LogP contribution is 2.35. The monoisotopic (exact) mass is 361 g/mol. The highest BCUT2D eigenvalue weighted by atomic mass is 16.5. The number of likely N-dealkylation sites (N-methyl/N-ethyl adjacent to an activating group) is 2. The molecule has 0 aromatic heterocycles. The van der Waals surface area contributed by atoms with E-state index in [1.54, 1.807) is 11.8 Å². The molecule has 2 aliphatic heterocycles. The molecule has 2 heterocycles. The van der Waals surface area contributed by atoms with Gasteiger partial charge in [0.25, 0.3) is 11.4 Å². The van der Waals surface area contributed by atoms with Crippen molar-refractivity contribution in [3.05, 3.63) is 16.4 Å². The van der Waals surface area contributed by atoms with E-state index in [-0.39, 0.29) is 5.91 Å². The van der Waals surface area contributed by atoms with Crippen LogP contribution in [0.4, 0.5) is 0 Å². The number of fused-ring (bicyclic) bond motifs is 1. The number of nitrogens with zero attached hydrogens (tertiary/aromatic N) is 5. The van der Waals surface area contributed by atoms with Crippen LogP contribution in [0.5, 0.6) is 0 Å². The van der Waals surface area contributed by atoms with Crippen LogP contribution in [0.2, 0.25) is 0 Å². The van der Waals surface area contributed by atoms with Crippen LogP contribution >= 0.6 is 0 Å². The summed E-state index contributed by atoms with van der Waals surface area (Å²) in [5.41, 5.74) is 1.18. The summed E-state index contributed by atoms with van der Waals surface area (Å²) in [7, 11) is 0. The van der Waals surface area contributed by atoms with Gasteiger partial charge >= 0.3 is 0 Å². The van der Waals surface area contributed by atoms with Gasteiger partial charge in [-0.05, 0) is 41.5 Å². The van der Waals surface area contributed by atoms with E-state index in [4.69, 9.17) is 0 Å². The number of hydroxylamine groups is 1. The zero-order valence-electron chi connectivity index (χ0n) is 17.0. The van der Waals surface area contributed by atoms with E-state index in [2.05, 4.69) is 28.7 Å². The molecule has 0 aliphatic carbocycles. The minimum atomic E-state index is -1.21. The van der Waals surface area contributed by atoms with Crippen LogP contribution < -0.4 is 0 Å². The van der Waals surface area contributed by atoms with Gasteiger partial charge in [0.15, 0.2) is 0 Å². The molecule has 2 rings (SSSR count). The van der Waals surface area contributed by atoms with Crippen molar-refractivity contribution in [3.63, 3.8) is 0 Å². The molecule has 2 atom stereocenters. The minimum Gasteiger partial charge on any atom is -0.623 e. The third kappa shape index (κ3) is 2.83. The second-order valence-electron chi connectivity index (χ2n) is 6.85. The van der Waals surface area contributed by atoms with E-state index in [0.29, 0.717) is 18.8 Å². The molecule has 26 heavy (non-hydrogen) atoms. The molecule has 144 valence electrons. The van der Waals surface area contributed by atoms with Crippen LogP contribution in [0.15, 0.2) is 21.1 Å². The molecule has 0 spiro atoms. The predicted molar refractivity (Wildman–Crippen MR) is 106 cm³/mol. The fraction of sp³-hybridized carbons (Fsp3) is 0.684. The van der Waals surface area contributed by atoms with E-state index in [1.807, 2.05) is 27.7 Å². The van der Waals surface area contributed by atoms with Crippen molar-refractivity contribution < 1.29 is 9.53 Å². The summed E-state index contributed by atoms with van der Waals surface area (Å²) in [5.74, 6) is 0.654. The van der Waals surface area contributed by atoms with Crippen LogP contribution in [0, 0.1) is 5.21 Å². The second-order valence-corrected chi connectivity index (χ2v) is 6.85. The number of amides is 1. The molecule has 0 aromatic carbocycles. The SMILES string of the molecule is CCN(CC)C(=O)[C@]1(C)[C@H]2N=CN=C(N(CC)CC)/C(C)=C(/C)C2=[N+]1[O-].